The van der Waals surface area contributed by atoms with Gasteiger partial charge in [0.25, 0.3) is 0 Å². The van der Waals surface area contributed by atoms with Gasteiger partial charge in [0.15, 0.2) is 5.82 Å². The Balaban J connectivity index is 1.77. The van der Waals surface area contributed by atoms with Crippen LogP contribution in [-0.2, 0) is 23.1 Å². The summed E-state index contributed by atoms with van der Waals surface area (Å²) in [6, 6.07) is 2.75. The van der Waals surface area contributed by atoms with Crippen molar-refractivity contribution in [2.45, 2.75) is 13.1 Å². The van der Waals surface area contributed by atoms with Crippen molar-refractivity contribution in [1.29, 1.82) is 0 Å². The van der Waals surface area contributed by atoms with E-state index < -0.39 is 15.8 Å². The van der Waals surface area contributed by atoms with E-state index in [4.69, 9.17) is 4.74 Å². The highest BCUT2D eigenvalue weighted by Crippen LogP contribution is 2.20. The summed E-state index contributed by atoms with van der Waals surface area (Å²) in [5.74, 6) is -0.750. The van der Waals surface area contributed by atoms with E-state index in [1.165, 1.54) is 28.9 Å². The molecule has 0 N–H and O–H groups in total. The molecule has 3 rings (SSSR count). The van der Waals surface area contributed by atoms with Crippen molar-refractivity contribution >= 4 is 10.0 Å². The number of aromatic nitrogens is 3. The van der Waals surface area contributed by atoms with Gasteiger partial charge in [0, 0.05) is 31.4 Å². The Labute approximate surface area is 133 Å². The molecule has 1 atom stereocenters. The first kappa shape index (κ1) is 15.9. The molecule has 124 valence electrons. The molecule has 9 heteroatoms. The zero-order valence-electron chi connectivity index (χ0n) is 12.6. The van der Waals surface area contributed by atoms with Crippen LogP contribution in [0.15, 0.2) is 30.9 Å². The fourth-order valence-corrected chi connectivity index (χ4v) is 3.39. The van der Waals surface area contributed by atoms with Crippen LogP contribution in [0.5, 0.6) is 5.88 Å². The monoisotopic (exact) mass is 340 g/mol. The fourth-order valence-electron chi connectivity index (χ4n) is 2.55. The van der Waals surface area contributed by atoms with Crippen molar-refractivity contribution in [3.63, 3.8) is 0 Å². The smallest absolute Gasteiger partial charge is 0.250 e. The van der Waals surface area contributed by atoms with E-state index in [2.05, 4.69) is 9.97 Å². The molecular weight excluding hydrogens is 323 g/mol. The Morgan fingerprint density at radius 3 is 3.00 bits per heavy atom. The first-order valence-electron chi connectivity index (χ1n) is 7.11. The highest BCUT2D eigenvalue weighted by molar-refractivity contribution is 7.88. The van der Waals surface area contributed by atoms with Crippen LogP contribution in [0.4, 0.5) is 4.39 Å². The predicted molar refractivity (Wildman–Crippen MR) is 80.7 cm³/mol. The molecule has 0 aliphatic carbocycles. The van der Waals surface area contributed by atoms with Crippen molar-refractivity contribution in [3.8, 4) is 5.88 Å². The third-order valence-electron chi connectivity index (χ3n) is 3.70. The van der Waals surface area contributed by atoms with Gasteiger partial charge in [0.05, 0.1) is 31.4 Å². The average Bonchev–Trinajstić information content (AvgIpc) is 2.83. The summed E-state index contributed by atoms with van der Waals surface area (Å²) in [6.07, 6.45) is 5.94. The minimum Gasteiger partial charge on any atom is -0.475 e. The summed E-state index contributed by atoms with van der Waals surface area (Å²) >= 11 is 0. The molecule has 0 spiro atoms. The number of rotatable bonds is 4. The maximum atomic E-state index is 13.6. The molecular formula is C14H17FN4O3S. The number of fused-ring (bicyclic) bond motifs is 1. The van der Waals surface area contributed by atoms with Crippen LogP contribution in [0.3, 0.4) is 0 Å². The van der Waals surface area contributed by atoms with Crippen molar-refractivity contribution < 1.29 is 17.5 Å². The zero-order valence-corrected chi connectivity index (χ0v) is 13.4. The lowest BCUT2D eigenvalue weighted by molar-refractivity contribution is 0.199. The van der Waals surface area contributed by atoms with E-state index in [0.29, 0.717) is 13.1 Å². The van der Waals surface area contributed by atoms with Gasteiger partial charge < -0.3 is 9.30 Å². The molecule has 0 aromatic carbocycles. The third kappa shape index (κ3) is 3.67. The lowest BCUT2D eigenvalue weighted by Gasteiger charge is -2.21. The van der Waals surface area contributed by atoms with Crippen LogP contribution in [-0.4, -0.2) is 46.7 Å². The number of ether oxygens (including phenoxy) is 1. The number of halogens is 1. The van der Waals surface area contributed by atoms with Gasteiger partial charge in [0.2, 0.25) is 15.9 Å². The van der Waals surface area contributed by atoms with Crippen LogP contribution >= 0.6 is 0 Å². The minimum atomic E-state index is -3.35. The molecule has 2 aromatic rings. The molecule has 7 nitrogen and oxygen atoms in total. The SMILES string of the molecule is CS(=O)(=O)N1Cc2cncn2C[C@@H](COc2ncccc2F)C1. The van der Waals surface area contributed by atoms with E-state index in [-0.39, 0.29) is 24.9 Å². The molecule has 2 aromatic heterocycles. The number of hydrogen-bond donors (Lipinski definition) is 0. The number of sulfonamides is 1. The summed E-state index contributed by atoms with van der Waals surface area (Å²) in [5.41, 5.74) is 0.821. The van der Waals surface area contributed by atoms with E-state index >= 15 is 0 Å². The van der Waals surface area contributed by atoms with Gasteiger partial charge in [-0.15, -0.1) is 0 Å². The first-order valence-corrected chi connectivity index (χ1v) is 8.96. The largest absolute Gasteiger partial charge is 0.475 e. The van der Waals surface area contributed by atoms with Crippen molar-refractivity contribution in [3.05, 3.63) is 42.4 Å². The van der Waals surface area contributed by atoms with E-state index in [1.807, 2.05) is 4.57 Å². The standard InChI is InChI=1S/C14H17FN4O3S/c1-23(20,21)19-7-11(6-18-10-16-5-12(18)8-19)9-22-14-13(15)3-2-4-17-14/h2-5,10-11H,6-9H2,1H3/t11-/m1/s1. The number of nitrogens with zero attached hydrogens (tertiary/aromatic N) is 4. The molecule has 0 saturated heterocycles. The van der Waals surface area contributed by atoms with Crippen LogP contribution in [0.2, 0.25) is 0 Å². The lowest BCUT2D eigenvalue weighted by Crippen LogP contribution is -2.35. The van der Waals surface area contributed by atoms with E-state index in [1.54, 1.807) is 12.5 Å². The second-order valence-electron chi connectivity index (χ2n) is 5.56. The number of hydrogen-bond acceptors (Lipinski definition) is 5. The van der Waals surface area contributed by atoms with Crippen molar-refractivity contribution in [2.75, 3.05) is 19.4 Å². The highest BCUT2D eigenvalue weighted by atomic mass is 32.2. The molecule has 0 fully saturated rings. The summed E-state index contributed by atoms with van der Waals surface area (Å²) in [7, 11) is -3.35. The van der Waals surface area contributed by atoms with Gasteiger partial charge in [-0.05, 0) is 12.1 Å². The van der Waals surface area contributed by atoms with Gasteiger partial charge in [-0.1, -0.05) is 0 Å². The van der Waals surface area contributed by atoms with Crippen LogP contribution in [0.25, 0.3) is 0 Å². The number of imidazole rings is 1. The molecule has 1 aliphatic rings. The third-order valence-corrected chi connectivity index (χ3v) is 4.92. The Bertz CT molecular complexity index is 793. The molecule has 23 heavy (non-hydrogen) atoms. The quantitative estimate of drug-likeness (QED) is 0.826. The van der Waals surface area contributed by atoms with Crippen molar-refractivity contribution in [2.24, 2.45) is 5.92 Å². The topological polar surface area (TPSA) is 77.3 Å². The summed E-state index contributed by atoms with van der Waals surface area (Å²) in [4.78, 5) is 7.90. The Morgan fingerprint density at radius 1 is 1.43 bits per heavy atom. The fraction of sp³-hybridized carbons (Fsp3) is 0.429. The average molecular weight is 340 g/mol. The van der Waals surface area contributed by atoms with Gasteiger partial charge in [0.1, 0.15) is 0 Å². The molecule has 3 heterocycles. The predicted octanol–water partition coefficient (Wildman–Crippen LogP) is 0.888. The van der Waals surface area contributed by atoms with E-state index in [0.717, 1.165) is 5.69 Å². The summed E-state index contributed by atoms with van der Waals surface area (Å²) in [6.45, 7) is 1.29. The molecule has 0 bridgehead atoms. The second-order valence-corrected chi connectivity index (χ2v) is 7.54. The molecule has 0 unspecified atom stereocenters. The maximum absolute atomic E-state index is 13.6. The Hall–Kier alpha value is -2.00. The lowest BCUT2D eigenvalue weighted by atomic mass is 10.1. The highest BCUT2D eigenvalue weighted by Gasteiger charge is 2.28. The first-order chi connectivity index (χ1) is 10.9. The number of pyridine rings is 1. The maximum Gasteiger partial charge on any atom is 0.250 e. The Morgan fingerprint density at radius 2 is 2.26 bits per heavy atom. The zero-order chi connectivity index (χ0) is 16.4. The minimum absolute atomic E-state index is 0.0755. The van der Waals surface area contributed by atoms with Crippen LogP contribution in [0.1, 0.15) is 5.69 Å². The molecule has 1 aliphatic heterocycles. The second kappa shape index (κ2) is 6.25. The van der Waals surface area contributed by atoms with Gasteiger partial charge in [-0.3, -0.25) is 0 Å². The van der Waals surface area contributed by atoms with Crippen LogP contribution < -0.4 is 4.74 Å². The normalized spacial score (nSPS) is 19.1. The van der Waals surface area contributed by atoms with Crippen LogP contribution in [0, 0.1) is 11.7 Å². The Kier molecular flexibility index (Phi) is 4.31. The molecule has 0 amide bonds. The van der Waals surface area contributed by atoms with Gasteiger partial charge >= 0.3 is 0 Å². The summed E-state index contributed by atoms with van der Waals surface area (Å²) < 4.78 is 46.2. The van der Waals surface area contributed by atoms with Gasteiger partial charge in [-0.2, -0.15) is 4.31 Å². The van der Waals surface area contributed by atoms with Gasteiger partial charge in [-0.25, -0.2) is 22.8 Å². The van der Waals surface area contributed by atoms with E-state index in [9.17, 15) is 12.8 Å². The van der Waals surface area contributed by atoms with Crippen molar-refractivity contribution in [1.82, 2.24) is 18.8 Å². The molecule has 0 saturated carbocycles. The summed E-state index contributed by atoms with van der Waals surface area (Å²) in [5, 5.41) is 0. The molecule has 0 radical (unpaired) electrons.